The van der Waals surface area contributed by atoms with Gasteiger partial charge < -0.3 is 4.74 Å². The van der Waals surface area contributed by atoms with E-state index in [0.29, 0.717) is 21.7 Å². The van der Waals surface area contributed by atoms with Crippen molar-refractivity contribution in [1.29, 1.82) is 5.26 Å². The summed E-state index contributed by atoms with van der Waals surface area (Å²) in [4.78, 5) is 13.2. The van der Waals surface area contributed by atoms with Crippen molar-refractivity contribution < 1.29 is 17.9 Å². The maximum Gasteiger partial charge on any atom is 0.335 e. The minimum Gasteiger partial charge on any atom is -0.463 e. The molecule has 3 aromatic rings. The molecule has 8 heteroatoms. The molecule has 0 radical (unpaired) electrons. The lowest BCUT2D eigenvalue weighted by Crippen LogP contribution is -2.42. The largest absolute Gasteiger partial charge is 0.463 e. The van der Waals surface area contributed by atoms with Crippen LogP contribution in [0.1, 0.15) is 47.7 Å². The van der Waals surface area contributed by atoms with Crippen LogP contribution in [0.2, 0.25) is 5.02 Å². The van der Waals surface area contributed by atoms with Gasteiger partial charge in [0, 0.05) is 5.02 Å². The number of hydrogen-bond donors (Lipinski definition) is 0. The molecule has 0 unspecified atom stereocenters. The van der Waals surface area contributed by atoms with Crippen LogP contribution in [0.4, 0.5) is 0 Å². The van der Waals surface area contributed by atoms with Crippen molar-refractivity contribution in [3.8, 4) is 6.07 Å². The molecular formula is C28H25ClN2O4S. The van der Waals surface area contributed by atoms with Crippen LogP contribution in [0.3, 0.4) is 0 Å². The highest BCUT2D eigenvalue weighted by atomic mass is 35.5. The second-order valence-electron chi connectivity index (χ2n) is 8.44. The summed E-state index contributed by atoms with van der Waals surface area (Å²) in [6.45, 7) is 3.73. The van der Waals surface area contributed by atoms with Gasteiger partial charge in [-0.3, -0.25) is 0 Å². The Labute approximate surface area is 216 Å². The lowest BCUT2D eigenvalue weighted by atomic mass is 9.89. The van der Waals surface area contributed by atoms with Gasteiger partial charge in [-0.25, -0.2) is 13.2 Å². The zero-order valence-corrected chi connectivity index (χ0v) is 21.5. The van der Waals surface area contributed by atoms with Gasteiger partial charge in [-0.15, -0.1) is 0 Å². The third-order valence-corrected chi connectivity index (χ3v) is 8.38. The zero-order valence-electron chi connectivity index (χ0n) is 19.9. The van der Waals surface area contributed by atoms with Crippen molar-refractivity contribution in [1.82, 2.24) is 4.31 Å². The van der Waals surface area contributed by atoms with Crippen molar-refractivity contribution in [2.75, 3.05) is 6.61 Å². The minimum atomic E-state index is -4.13. The van der Waals surface area contributed by atoms with E-state index in [1.54, 1.807) is 85.8 Å². The average Bonchev–Trinajstić information content (AvgIpc) is 2.88. The van der Waals surface area contributed by atoms with Gasteiger partial charge in [-0.05, 0) is 61.7 Å². The Morgan fingerprint density at radius 1 is 1.08 bits per heavy atom. The Hall–Kier alpha value is -3.44. The van der Waals surface area contributed by atoms with E-state index in [0.717, 1.165) is 5.56 Å². The van der Waals surface area contributed by atoms with E-state index in [1.165, 1.54) is 4.31 Å². The van der Waals surface area contributed by atoms with Crippen molar-refractivity contribution in [2.45, 2.75) is 37.2 Å². The lowest BCUT2D eigenvalue weighted by molar-refractivity contribution is -0.139. The summed E-state index contributed by atoms with van der Waals surface area (Å²) in [5.74, 6) is -0.589. The number of carbonyl (C=O) groups is 1. The van der Waals surface area contributed by atoms with E-state index in [1.807, 2.05) is 6.92 Å². The van der Waals surface area contributed by atoms with Gasteiger partial charge in [0.15, 0.2) is 0 Å². The molecule has 0 amide bonds. The first-order valence-electron chi connectivity index (χ1n) is 11.5. The van der Waals surface area contributed by atoms with Crippen LogP contribution in [0, 0.1) is 18.3 Å². The van der Waals surface area contributed by atoms with Gasteiger partial charge in [0.2, 0.25) is 10.0 Å². The fraction of sp³-hybridized carbons (Fsp3) is 0.214. The number of aryl methyl sites for hydroxylation is 1. The molecule has 1 aliphatic rings. The molecule has 0 saturated heterocycles. The van der Waals surface area contributed by atoms with Crippen molar-refractivity contribution in [2.24, 2.45) is 0 Å². The fourth-order valence-electron chi connectivity index (χ4n) is 4.39. The van der Waals surface area contributed by atoms with Gasteiger partial charge in [-0.2, -0.15) is 9.57 Å². The van der Waals surface area contributed by atoms with E-state index in [4.69, 9.17) is 16.3 Å². The van der Waals surface area contributed by atoms with E-state index in [-0.39, 0.29) is 23.5 Å². The average molecular weight is 521 g/mol. The Kier molecular flexibility index (Phi) is 7.60. The first-order chi connectivity index (χ1) is 17.3. The number of halogens is 1. The smallest absolute Gasteiger partial charge is 0.335 e. The summed E-state index contributed by atoms with van der Waals surface area (Å²) in [5, 5.41) is 9.69. The van der Waals surface area contributed by atoms with Crippen LogP contribution < -0.4 is 0 Å². The molecule has 3 aromatic carbocycles. The molecular weight excluding hydrogens is 496 g/mol. The van der Waals surface area contributed by atoms with E-state index in [2.05, 4.69) is 6.07 Å². The highest BCUT2D eigenvalue weighted by Crippen LogP contribution is 2.47. The van der Waals surface area contributed by atoms with Crippen LogP contribution in [0.5, 0.6) is 0 Å². The van der Waals surface area contributed by atoms with Gasteiger partial charge in [0.1, 0.15) is 0 Å². The van der Waals surface area contributed by atoms with Gasteiger partial charge >= 0.3 is 5.97 Å². The van der Waals surface area contributed by atoms with Crippen LogP contribution in [-0.2, 0) is 19.6 Å². The minimum absolute atomic E-state index is 0.105. The number of carbonyl (C=O) groups excluding carboxylic acids is 1. The standard InChI is InChI=1S/C28H25ClN2O4S/c1-3-35-28(32)24-16-17-26(23-6-4-5-7-25(23)29)31(27(24)21-12-10-20(18-30)11-13-21)36(33,34)22-14-8-19(2)9-15-22/h4-16,26-27H,3,17H2,1-2H3/t26-,27-/m0/s1. The molecule has 0 aromatic heterocycles. The summed E-state index contributed by atoms with van der Waals surface area (Å²) in [6.07, 6.45) is 1.96. The van der Waals surface area contributed by atoms with Crippen LogP contribution in [-0.4, -0.2) is 25.3 Å². The number of rotatable bonds is 6. The Morgan fingerprint density at radius 2 is 1.75 bits per heavy atom. The summed E-state index contributed by atoms with van der Waals surface area (Å²) < 4.78 is 35.2. The van der Waals surface area contributed by atoms with Gasteiger partial charge in [0.25, 0.3) is 0 Å². The molecule has 4 rings (SSSR count). The molecule has 0 fully saturated rings. The van der Waals surface area contributed by atoms with Crippen LogP contribution >= 0.6 is 11.6 Å². The monoisotopic (exact) mass is 520 g/mol. The number of benzene rings is 3. The van der Waals surface area contributed by atoms with E-state index >= 15 is 0 Å². The van der Waals surface area contributed by atoms with Crippen molar-refractivity contribution in [3.05, 3.63) is 112 Å². The highest BCUT2D eigenvalue weighted by Gasteiger charge is 2.45. The number of nitrogens with zero attached hydrogens (tertiary/aromatic N) is 2. The number of hydrogen-bond acceptors (Lipinski definition) is 5. The second kappa shape index (κ2) is 10.7. The van der Waals surface area contributed by atoms with Crippen molar-refractivity contribution in [3.63, 3.8) is 0 Å². The lowest BCUT2D eigenvalue weighted by Gasteiger charge is -2.41. The maximum atomic E-state index is 14.3. The van der Waals surface area contributed by atoms with E-state index < -0.39 is 28.1 Å². The highest BCUT2D eigenvalue weighted by molar-refractivity contribution is 7.89. The number of nitriles is 1. The number of sulfonamides is 1. The van der Waals surface area contributed by atoms with E-state index in [9.17, 15) is 18.5 Å². The zero-order chi connectivity index (χ0) is 25.9. The molecule has 0 aliphatic carbocycles. The van der Waals surface area contributed by atoms with Gasteiger partial charge in [-0.1, -0.05) is 65.7 Å². The predicted molar refractivity (Wildman–Crippen MR) is 138 cm³/mol. The molecule has 0 spiro atoms. The molecule has 1 aliphatic heterocycles. The molecule has 2 atom stereocenters. The first kappa shape index (κ1) is 25.6. The molecule has 184 valence electrons. The SMILES string of the molecule is CCOC(=O)C1=CC[C@@H](c2ccccc2Cl)N(S(=O)(=O)c2ccc(C)cc2)[C@H]1c1ccc(C#N)cc1. The topological polar surface area (TPSA) is 87.5 Å². The summed E-state index contributed by atoms with van der Waals surface area (Å²) in [5.41, 5.74) is 2.74. The summed E-state index contributed by atoms with van der Waals surface area (Å²) in [6, 6.07) is 20.7. The van der Waals surface area contributed by atoms with Crippen LogP contribution in [0.15, 0.2) is 89.3 Å². The third kappa shape index (κ3) is 4.93. The molecule has 0 N–H and O–H groups in total. The first-order valence-corrected chi connectivity index (χ1v) is 13.3. The van der Waals surface area contributed by atoms with Crippen molar-refractivity contribution >= 4 is 27.6 Å². The Bertz CT molecular complexity index is 1440. The number of ether oxygens (including phenoxy) is 1. The summed E-state index contributed by atoms with van der Waals surface area (Å²) in [7, 11) is -4.13. The molecule has 36 heavy (non-hydrogen) atoms. The van der Waals surface area contributed by atoms with Gasteiger partial charge in [0.05, 0.1) is 40.8 Å². The molecule has 1 heterocycles. The fourth-order valence-corrected chi connectivity index (χ4v) is 6.43. The second-order valence-corrected chi connectivity index (χ2v) is 10.7. The Balaban J connectivity index is 1.98. The normalized spacial score (nSPS) is 18.2. The molecule has 0 bridgehead atoms. The Morgan fingerprint density at radius 3 is 2.36 bits per heavy atom. The quantitative estimate of drug-likeness (QED) is 0.378. The molecule has 6 nitrogen and oxygen atoms in total. The predicted octanol–water partition coefficient (Wildman–Crippen LogP) is 5.89. The third-order valence-electron chi connectivity index (χ3n) is 6.14. The maximum absolute atomic E-state index is 14.3. The molecule has 0 saturated carbocycles. The number of esters is 1. The van der Waals surface area contributed by atoms with Crippen LogP contribution in [0.25, 0.3) is 0 Å². The summed E-state index contributed by atoms with van der Waals surface area (Å²) >= 11 is 6.55.